The third kappa shape index (κ3) is 3.93. The lowest BCUT2D eigenvalue weighted by molar-refractivity contribution is 0.0951. The number of hydrogen-bond acceptors (Lipinski definition) is 7. The number of pyridine rings is 2. The van der Waals surface area contributed by atoms with Crippen molar-refractivity contribution in [2.45, 2.75) is 12.8 Å². The highest BCUT2D eigenvalue weighted by Crippen LogP contribution is 2.27. The molecule has 152 valence electrons. The van der Waals surface area contributed by atoms with Crippen LogP contribution in [0.4, 0.5) is 20.3 Å². The van der Waals surface area contributed by atoms with Crippen molar-refractivity contribution in [3.8, 4) is 11.4 Å². The Morgan fingerprint density at radius 1 is 1.03 bits per heavy atom. The molecule has 3 N–H and O–H groups in total. The molecule has 0 spiro atoms. The van der Waals surface area contributed by atoms with Crippen LogP contribution in [0.25, 0.3) is 22.4 Å². The number of nitrogens with one attached hydrogen (secondary N) is 1. The summed E-state index contributed by atoms with van der Waals surface area (Å²) in [5.74, 6) is -0.172. The SMILES string of the molecule is OC[C@@H](O)c1cnc(-c2ccc3c(Nc4ccc(CF)cc4)ncnc3n2)c(F)c1. The van der Waals surface area contributed by atoms with Gasteiger partial charge in [0.1, 0.15) is 30.6 Å². The van der Waals surface area contributed by atoms with Gasteiger partial charge in [-0.15, -0.1) is 0 Å². The minimum atomic E-state index is -1.20. The van der Waals surface area contributed by atoms with Crippen LogP contribution in [-0.4, -0.2) is 36.8 Å². The van der Waals surface area contributed by atoms with Crippen LogP contribution < -0.4 is 5.32 Å². The zero-order chi connectivity index (χ0) is 21.1. The molecule has 0 bridgehead atoms. The minimum absolute atomic E-state index is 0.000669. The molecule has 0 aliphatic heterocycles. The van der Waals surface area contributed by atoms with Gasteiger partial charge in [0.05, 0.1) is 17.7 Å². The lowest BCUT2D eigenvalue weighted by atomic mass is 10.1. The zero-order valence-corrected chi connectivity index (χ0v) is 15.6. The average Bonchev–Trinajstić information content (AvgIpc) is 2.79. The molecule has 3 aromatic heterocycles. The van der Waals surface area contributed by atoms with Gasteiger partial charge >= 0.3 is 0 Å². The van der Waals surface area contributed by atoms with Crippen molar-refractivity contribution >= 4 is 22.5 Å². The summed E-state index contributed by atoms with van der Waals surface area (Å²) in [5, 5.41) is 22.4. The van der Waals surface area contributed by atoms with Crippen LogP contribution in [0.15, 0.2) is 55.0 Å². The monoisotopic (exact) mass is 409 g/mol. The van der Waals surface area contributed by atoms with E-state index in [-0.39, 0.29) is 17.0 Å². The number of halogens is 2. The summed E-state index contributed by atoms with van der Waals surface area (Å²) in [6, 6.07) is 11.2. The molecule has 3 heterocycles. The summed E-state index contributed by atoms with van der Waals surface area (Å²) >= 11 is 0. The van der Waals surface area contributed by atoms with Crippen LogP contribution in [0, 0.1) is 5.82 Å². The largest absolute Gasteiger partial charge is 0.393 e. The number of rotatable bonds is 6. The number of benzene rings is 1. The van der Waals surface area contributed by atoms with Crippen LogP contribution in [0.1, 0.15) is 17.2 Å². The van der Waals surface area contributed by atoms with E-state index in [0.29, 0.717) is 22.4 Å². The van der Waals surface area contributed by atoms with E-state index in [1.807, 2.05) is 0 Å². The van der Waals surface area contributed by atoms with Gasteiger partial charge in [0.25, 0.3) is 0 Å². The predicted molar refractivity (Wildman–Crippen MR) is 107 cm³/mol. The number of aromatic nitrogens is 4. The first-order valence-corrected chi connectivity index (χ1v) is 9.07. The Balaban J connectivity index is 1.67. The fourth-order valence-corrected chi connectivity index (χ4v) is 2.92. The molecule has 0 amide bonds. The van der Waals surface area contributed by atoms with E-state index in [1.54, 1.807) is 36.4 Å². The maximum Gasteiger partial charge on any atom is 0.165 e. The van der Waals surface area contributed by atoms with Crippen LogP contribution in [-0.2, 0) is 6.67 Å². The molecular formula is C21H17F2N5O2. The van der Waals surface area contributed by atoms with Gasteiger partial charge < -0.3 is 15.5 Å². The first-order valence-electron chi connectivity index (χ1n) is 9.07. The Kier molecular flexibility index (Phi) is 5.55. The van der Waals surface area contributed by atoms with Crippen LogP contribution in [0.5, 0.6) is 0 Å². The van der Waals surface area contributed by atoms with Crippen molar-refractivity contribution in [3.05, 3.63) is 71.9 Å². The molecule has 1 aromatic carbocycles. The van der Waals surface area contributed by atoms with Gasteiger partial charge in [-0.3, -0.25) is 4.98 Å². The van der Waals surface area contributed by atoms with Crippen LogP contribution >= 0.6 is 0 Å². The standard InChI is InChI=1S/C21H17F2N5O2/c22-8-12-1-3-14(4-2-12)27-20-15-5-6-17(28-21(15)26-11-25-20)19-16(23)7-13(9-24-19)18(30)10-29/h1-7,9,11,18,29-30H,8,10H2,(H,25,26,27,28)/t18-/m1/s1. The number of aliphatic hydroxyl groups excluding tert-OH is 2. The van der Waals surface area contributed by atoms with Crippen molar-refractivity contribution in [1.82, 2.24) is 19.9 Å². The third-order valence-corrected chi connectivity index (χ3v) is 4.53. The molecule has 1 atom stereocenters. The molecule has 0 unspecified atom stereocenters. The normalized spacial score (nSPS) is 12.1. The molecule has 0 fully saturated rings. The van der Waals surface area contributed by atoms with Gasteiger partial charge in [-0.2, -0.15) is 0 Å². The summed E-state index contributed by atoms with van der Waals surface area (Å²) in [5.41, 5.74) is 2.08. The Labute approximate surface area is 170 Å². The van der Waals surface area contributed by atoms with Crippen molar-refractivity contribution < 1.29 is 19.0 Å². The number of anilines is 2. The Hall–Kier alpha value is -3.56. The fourth-order valence-electron chi connectivity index (χ4n) is 2.92. The number of hydrogen-bond donors (Lipinski definition) is 3. The molecule has 30 heavy (non-hydrogen) atoms. The molecule has 0 aliphatic rings. The number of fused-ring (bicyclic) bond motifs is 1. The van der Waals surface area contributed by atoms with Crippen molar-refractivity contribution in [1.29, 1.82) is 0 Å². The highest BCUT2D eigenvalue weighted by atomic mass is 19.1. The molecule has 0 radical (unpaired) electrons. The highest BCUT2D eigenvalue weighted by Gasteiger charge is 2.15. The topological polar surface area (TPSA) is 104 Å². The number of nitrogens with zero attached hydrogens (tertiary/aromatic N) is 4. The average molecular weight is 409 g/mol. The quantitative estimate of drug-likeness (QED) is 0.448. The second-order valence-corrected chi connectivity index (χ2v) is 6.54. The highest BCUT2D eigenvalue weighted by molar-refractivity contribution is 5.89. The molecule has 7 nitrogen and oxygen atoms in total. The van der Waals surface area contributed by atoms with E-state index < -0.39 is 25.2 Å². The Morgan fingerprint density at radius 2 is 1.83 bits per heavy atom. The maximum atomic E-state index is 14.5. The first-order chi connectivity index (χ1) is 14.6. The first kappa shape index (κ1) is 19.7. The Morgan fingerprint density at radius 3 is 2.53 bits per heavy atom. The summed E-state index contributed by atoms with van der Waals surface area (Å²) < 4.78 is 27.2. The van der Waals surface area contributed by atoms with E-state index in [1.165, 1.54) is 12.5 Å². The van der Waals surface area contributed by atoms with Gasteiger partial charge in [0.15, 0.2) is 11.5 Å². The van der Waals surface area contributed by atoms with Gasteiger partial charge in [0, 0.05) is 17.4 Å². The van der Waals surface area contributed by atoms with Gasteiger partial charge in [-0.1, -0.05) is 12.1 Å². The van der Waals surface area contributed by atoms with Crippen LogP contribution in [0.3, 0.4) is 0 Å². The summed E-state index contributed by atoms with van der Waals surface area (Å²) in [6.45, 7) is -1.06. The second-order valence-electron chi connectivity index (χ2n) is 6.54. The third-order valence-electron chi connectivity index (χ3n) is 4.53. The van der Waals surface area contributed by atoms with E-state index in [2.05, 4.69) is 25.3 Å². The lowest BCUT2D eigenvalue weighted by Gasteiger charge is -2.11. The van der Waals surface area contributed by atoms with Crippen LogP contribution in [0.2, 0.25) is 0 Å². The van der Waals surface area contributed by atoms with E-state index in [9.17, 15) is 13.9 Å². The summed E-state index contributed by atoms with van der Waals surface area (Å²) in [4.78, 5) is 16.8. The molecule has 4 rings (SSSR count). The van der Waals surface area contributed by atoms with Crippen molar-refractivity contribution in [3.63, 3.8) is 0 Å². The van der Waals surface area contributed by atoms with Crippen molar-refractivity contribution in [2.24, 2.45) is 0 Å². The lowest BCUT2D eigenvalue weighted by Crippen LogP contribution is -2.05. The molecular weight excluding hydrogens is 392 g/mol. The smallest absolute Gasteiger partial charge is 0.165 e. The molecule has 4 aromatic rings. The predicted octanol–water partition coefficient (Wildman–Crippen LogP) is 3.46. The zero-order valence-electron chi connectivity index (χ0n) is 15.6. The fraction of sp³-hybridized carbons (Fsp3) is 0.143. The number of alkyl halides is 1. The molecule has 9 heteroatoms. The van der Waals surface area contributed by atoms with E-state index >= 15 is 0 Å². The van der Waals surface area contributed by atoms with Gasteiger partial charge in [0.2, 0.25) is 0 Å². The molecule has 0 aliphatic carbocycles. The summed E-state index contributed by atoms with van der Waals surface area (Å²) in [6.07, 6.45) is 1.42. The maximum absolute atomic E-state index is 14.5. The molecule has 0 saturated carbocycles. The van der Waals surface area contributed by atoms with Gasteiger partial charge in [-0.05, 0) is 35.9 Å². The number of aliphatic hydroxyl groups is 2. The summed E-state index contributed by atoms with van der Waals surface area (Å²) in [7, 11) is 0. The van der Waals surface area contributed by atoms with Gasteiger partial charge in [-0.25, -0.2) is 23.7 Å². The molecule has 0 saturated heterocycles. The minimum Gasteiger partial charge on any atom is -0.393 e. The van der Waals surface area contributed by atoms with E-state index in [0.717, 1.165) is 11.8 Å². The van der Waals surface area contributed by atoms with E-state index in [4.69, 9.17) is 5.11 Å². The Bertz CT molecular complexity index is 1190. The van der Waals surface area contributed by atoms with Crippen molar-refractivity contribution in [2.75, 3.05) is 11.9 Å². The second kappa shape index (κ2) is 8.44.